The van der Waals surface area contributed by atoms with Gasteiger partial charge in [0.1, 0.15) is 17.9 Å². The van der Waals surface area contributed by atoms with Crippen LogP contribution < -0.4 is 10.1 Å². The maximum atomic E-state index is 5.25. The molecule has 20 heavy (non-hydrogen) atoms. The van der Waals surface area contributed by atoms with Crippen molar-refractivity contribution in [3.63, 3.8) is 0 Å². The number of methoxy groups -OCH3 is 1. The van der Waals surface area contributed by atoms with Crippen molar-refractivity contribution < 1.29 is 4.74 Å². The molecular formula is C15H14N4O. The Labute approximate surface area is 116 Å². The number of ether oxygens (including phenoxy) is 1. The predicted molar refractivity (Wildman–Crippen MR) is 77.7 cm³/mol. The van der Waals surface area contributed by atoms with Crippen LogP contribution in [0.15, 0.2) is 49.1 Å². The summed E-state index contributed by atoms with van der Waals surface area (Å²) >= 11 is 0. The van der Waals surface area contributed by atoms with Crippen molar-refractivity contribution in [2.45, 2.75) is 6.54 Å². The summed E-state index contributed by atoms with van der Waals surface area (Å²) in [6.07, 6.45) is 5.11. The fourth-order valence-electron chi connectivity index (χ4n) is 1.99. The van der Waals surface area contributed by atoms with Gasteiger partial charge in [0.15, 0.2) is 0 Å². The summed E-state index contributed by atoms with van der Waals surface area (Å²) in [5.74, 6) is 1.59. The first-order valence-electron chi connectivity index (χ1n) is 6.28. The number of anilines is 1. The second-order valence-electron chi connectivity index (χ2n) is 4.31. The Morgan fingerprint density at radius 1 is 1.10 bits per heavy atom. The molecule has 0 aliphatic heterocycles. The minimum Gasteiger partial charge on any atom is -0.497 e. The highest BCUT2D eigenvalue weighted by Crippen LogP contribution is 2.24. The average molecular weight is 266 g/mol. The fourth-order valence-corrected chi connectivity index (χ4v) is 1.99. The van der Waals surface area contributed by atoms with Crippen molar-refractivity contribution in [3.8, 4) is 5.75 Å². The standard InChI is InChI=1S/C15H14N4O/c1-20-12-2-3-14-13(8-12)15(19-10-18-14)17-9-11-4-6-16-7-5-11/h2-8,10H,9H2,1H3,(H,17,18,19). The van der Waals surface area contributed by atoms with Crippen LogP contribution in [0.3, 0.4) is 0 Å². The van der Waals surface area contributed by atoms with Gasteiger partial charge in [-0.2, -0.15) is 0 Å². The summed E-state index contributed by atoms with van der Waals surface area (Å²) in [6.45, 7) is 0.686. The lowest BCUT2D eigenvalue weighted by Gasteiger charge is -2.09. The molecule has 0 unspecified atom stereocenters. The lowest BCUT2D eigenvalue weighted by atomic mass is 10.2. The second kappa shape index (κ2) is 5.52. The van der Waals surface area contributed by atoms with Gasteiger partial charge in [-0.05, 0) is 35.9 Å². The Balaban J connectivity index is 1.90. The first kappa shape index (κ1) is 12.3. The molecule has 5 heteroatoms. The van der Waals surface area contributed by atoms with E-state index in [1.165, 1.54) is 0 Å². The highest BCUT2D eigenvalue weighted by Gasteiger charge is 2.05. The van der Waals surface area contributed by atoms with E-state index in [1.54, 1.807) is 25.8 Å². The van der Waals surface area contributed by atoms with Gasteiger partial charge in [0, 0.05) is 24.3 Å². The Kier molecular flexibility index (Phi) is 3.41. The maximum absolute atomic E-state index is 5.25. The number of hydrogen-bond acceptors (Lipinski definition) is 5. The number of hydrogen-bond donors (Lipinski definition) is 1. The van der Waals surface area contributed by atoms with Crippen molar-refractivity contribution >= 4 is 16.7 Å². The van der Waals surface area contributed by atoms with E-state index in [9.17, 15) is 0 Å². The Morgan fingerprint density at radius 3 is 2.75 bits per heavy atom. The number of rotatable bonds is 4. The van der Waals surface area contributed by atoms with Gasteiger partial charge < -0.3 is 10.1 Å². The molecule has 0 bridgehead atoms. The van der Waals surface area contributed by atoms with Crippen LogP contribution in [0, 0.1) is 0 Å². The van der Waals surface area contributed by atoms with Crippen molar-refractivity contribution in [2.75, 3.05) is 12.4 Å². The molecule has 1 N–H and O–H groups in total. The van der Waals surface area contributed by atoms with Crippen molar-refractivity contribution in [1.29, 1.82) is 0 Å². The highest BCUT2D eigenvalue weighted by atomic mass is 16.5. The lowest BCUT2D eigenvalue weighted by Crippen LogP contribution is -2.02. The topological polar surface area (TPSA) is 59.9 Å². The van der Waals surface area contributed by atoms with Crippen molar-refractivity contribution in [2.24, 2.45) is 0 Å². The molecule has 100 valence electrons. The summed E-state index contributed by atoms with van der Waals surface area (Å²) in [5.41, 5.74) is 2.03. The second-order valence-corrected chi connectivity index (χ2v) is 4.31. The SMILES string of the molecule is COc1ccc2ncnc(NCc3ccncc3)c2c1. The van der Waals surface area contributed by atoms with Gasteiger partial charge in [-0.3, -0.25) is 4.98 Å². The van der Waals surface area contributed by atoms with Crippen LogP contribution in [0.25, 0.3) is 10.9 Å². The monoisotopic (exact) mass is 266 g/mol. The van der Waals surface area contributed by atoms with Gasteiger partial charge in [-0.15, -0.1) is 0 Å². The number of nitrogens with one attached hydrogen (secondary N) is 1. The Hall–Kier alpha value is -2.69. The van der Waals surface area contributed by atoms with E-state index in [0.717, 1.165) is 28.0 Å². The van der Waals surface area contributed by atoms with Gasteiger partial charge >= 0.3 is 0 Å². The number of aromatic nitrogens is 3. The fraction of sp³-hybridized carbons (Fsp3) is 0.133. The first-order valence-corrected chi connectivity index (χ1v) is 6.28. The third kappa shape index (κ3) is 2.51. The van der Waals surface area contributed by atoms with Crippen LogP contribution in [0.5, 0.6) is 5.75 Å². The van der Waals surface area contributed by atoms with Gasteiger partial charge in [-0.1, -0.05) is 0 Å². The zero-order valence-electron chi connectivity index (χ0n) is 11.1. The van der Waals surface area contributed by atoms with Crippen LogP contribution in [-0.4, -0.2) is 22.1 Å². The molecule has 0 spiro atoms. The van der Waals surface area contributed by atoms with Gasteiger partial charge in [0.25, 0.3) is 0 Å². The number of nitrogens with zero attached hydrogens (tertiary/aromatic N) is 3. The molecule has 2 aromatic heterocycles. The Bertz CT molecular complexity index is 715. The van der Waals surface area contributed by atoms with E-state index >= 15 is 0 Å². The average Bonchev–Trinajstić information content (AvgIpc) is 2.53. The van der Waals surface area contributed by atoms with Crippen LogP contribution in [0.4, 0.5) is 5.82 Å². The molecular weight excluding hydrogens is 252 g/mol. The van der Waals surface area contributed by atoms with Crippen LogP contribution in [0.2, 0.25) is 0 Å². The third-order valence-corrected chi connectivity index (χ3v) is 3.05. The van der Waals surface area contributed by atoms with Crippen LogP contribution >= 0.6 is 0 Å². The van der Waals surface area contributed by atoms with Crippen molar-refractivity contribution in [1.82, 2.24) is 15.0 Å². The number of fused-ring (bicyclic) bond motifs is 1. The zero-order valence-corrected chi connectivity index (χ0v) is 11.1. The molecule has 0 saturated heterocycles. The van der Waals surface area contributed by atoms with E-state index in [4.69, 9.17) is 4.74 Å². The summed E-state index contributed by atoms with van der Waals surface area (Å²) in [7, 11) is 1.65. The summed E-state index contributed by atoms with van der Waals surface area (Å²) in [5, 5.41) is 4.27. The molecule has 2 heterocycles. The predicted octanol–water partition coefficient (Wildman–Crippen LogP) is 2.65. The van der Waals surface area contributed by atoms with E-state index in [2.05, 4.69) is 20.3 Å². The molecule has 0 radical (unpaired) electrons. The largest absolute Gasteiger partial charge is 0.497 e. The molecule has 0 saturated carbocycles. The van der Waals surface area contributed by atoms with Crippen molar-refractivity contribution in [3.05, 3.63) is 54.6 Å². The quantitative estimate of drug-likeness (QED) is 0.786. The van der Waals surface area contributed by atoms with E-state index in [0.29, 0.717) is 6.54 Å². The summed E-state index contributed by atoms with van der Waals surface area (Å²) < 4.78 is 5.25. The minimum absolute atomic E-state index is 0.686. The molecule has 0 aliphatic rings. The summed E-state index contributed by atoms with van der Waals surface area (Å²) in [6, 6.07) is 9.69. The molecule has 1 aromatic carbocycles. The molecule has 3 aromatic rings. The summed E-state index contributed by atoms with van der Waals surface area (Å²) in [4.78, 5) is 12.6. The smallest absolute Gasteiger partial charge is 0.137 e. The van der Waals surface area contributed by atoms with Crippen LogP contribution in [-0.2, 0) is 6.54 Å². The number of benzene rings is 1. The van der Waals surface area contributed by atoms with E-state index in [1.807, 2.05) is 30.3 Å². The molecule has 3 rings (SSSR count). The molecule has 0 fully saturated rings. The lowest BCUT2D eigenvalue weighted by molar-refractivity contribution is 0.415. The molecule has 5 nitrogen and oxygen atoms in total. The van der Waals surface area contributed by atoms with E-state index < -0.39 is 0 Å². The van der Waals surface area contributed by atoms with E-state index in [-0.39, 0.29) is 0 Å². The van der Waals surface area contributed by atoms with Gasteiger partial charge in [0.2, 0.25) is 0 Å². The minimum atomic E-state index is 0.686. The third-order valence-electron chi connectivity index (χ3n) is 3.05. The molecule has 0 amide bonds. The first-order chi connectivity index (χ1) is 9.86. The normalized spacial score (nSPS) is 10.4. The van der Waals surface area contributed by atoms with Gasteiger partial charge in [-0.25, -0.2) is 9.97 Å². The maximum Gasteiger partial charge on any atom is 0.137 e. The van der Waals surface area contributed by atoms with Gasteiger partial charge in [0.05, 0.1) is 12.6 Å². The molecule has 0 atom stereocenters. The zero-order chi connectivity index (χ0) is 13.8. The highest BCUT2D eigenvalue weighted by molar-refractivity contribution is 5.89. The number of pyridine rings is 1. The Morgan fingerprint density at radius 2 is 1.95 bits per heavy atom. The van der Waals surface area contributed by atoms with Crippen LogP contribution in [0.1, 0.15) is 5.56 Å². The molecule has 0 aliphatic carbocycles.